The fourth-order valence-corrected chi connectivity index (χ4v) is 5.18. The standard InChI is InChI=1S/C27H32N4O2S/c1-4-11-31-26(33)23-10-9-22(13-24(23)29-27(31)34)25(32)28-14-20-5-7-21(8-6-20)17-30-15-18(2)12-19(3)16-30/h4-10,13,18-19H,1,11-12,14-17H2,2-3H3,(H,28,32)(H,29,34). The molecule has 1 aliphatic rings. The third-order valence-electron chi connectivity index (χ3n) is 6.38. The number of amides is 1. The Morgan fingerprint density at radius 1 is 1.15 bits per heavy atom. The SMILES string of the molecule is C=CCn1c(=S)[nH]c2cc(C(=O)NCc3ccc(CN4CC(C)CC(C)C4)cc3)ccc2c1=O. The molecule has 1 saturated heterocycles. The molecule has 0 saturated carbocycles. The highest BCUT2D eigenvalue weighted by atomic mass is 32.1. The van der Waals surface area contributed by atoms with Gasteiger partial charge in [0.2, 0.25) is 0 Å². The first kappa shape index (κ1) is 24.1. The van der Waals surface area contributed by atoms with Crippen molar-refractivity contribution in [3.63, 3.8) is 0 Å². The van der Waals surface area contributed by atoms with Gasteiger partial charge in [-0.15, -0.1) is 6.58 Å². The maximum Gasteiger partial charge on any atom is 0.262 e. The molecule has 1 aliphatic heterocycles. The number of nitrogens with one attached hydrogen (secondary N) is 2. The maximum absolute atomic E-state index is 12.7. The van der Waals surface area contributed by atoms with Crippen molar-refractivity contribution in [3.8, 4) is 0 Å². The second kappa shape index (κ2) is 10.5. The number of piperidine rings is 1. The van der Waals surface area contributed by atoms with E-state index >= 15 is 0 Å². The summed E-state index contributed by atoms with van der Waals surface area (Å²) < 4.78 is 1.75. The average Bonchev–Trinajstić information content (AvgIpc) is 2.80. The van der Waals surface area contributed by atoms with Crippen LogP contribution in [0.25, 0.3) is 10.9 Å². The number of H-pyrrole nitrogens is 1. The minimum Gasteiger partial charge on any atom is -0.348 e. The highest BCUT2D eigenvalue weighted by Gasteiger charge is 2.21. The molecule has 2 atom stereocenters. The van der Waals surface area contributed by atoms with Crippen LogP contribution in [-0.4, -0.2) is 33.4 Å². The number of aromatic amines is 1. The summed E-state index contributed by atoms with van der Waals surface area (Å²) in [5.41, 5.74) is 3.17. The largest absolute Gasteiger partial charge is 0.348 e. The van der Waals surface area contributed by atoms with Crippen LogP contribution in [0.5, 0.6) is 0 Å². The van der Waals surface area contributed by atoms with Crippen LogP contribution in [0.4, 0.5) is 0 Å². The summed E-state index contributed by atoms with van der Waals surface area (Å²) in [4.78, 5) is 31.0. The highest BCUT2D eigenvalue weighted by Crippen LogP contribution is 2.22. The first-order chi connectivity index (χ1) is 16.3. The number of hydrogen-bond acceptors (Lipinski definition) is 4. The number of allylic oxidation sites excluding steroid dienone is 1. The Bertz CT molecular complexity index is 1300. The van der Waals surface area contributed by atoms with Crippen LogP contribution >= 0.6 is 12.2 Å². The van der Waals surface area contributed by atoms with Crippen molar-refractivity contribution in [2.24, 2.45) is 11.8 Å². The van der Waals surface area contributed by atoms with Crippen molar-refractivity contribution in [2.75, 3.05) is 13.1 Å². The predicted octanol–water partition coefficient (Wildman–Crippen LogP) is 4.65. The van der Waals surface area contributed by atoms with E-state index in [9.17, 15) is 9.59 Å². The number of fused-ring (bicyclic) bond motifs is 1. The summed E-state index contributed by atoms with van der Waals surface area (Å²) in [5, 5.41) is 3.45. The number of likely N-dealkylation sites (tertiary alicyclic amines) is 1. The van der Waals surface area contributed by atoms with Gasteiger partial charge in [0, 0.05) is 38.3 Å². The number of benzene rings is 2. The molecule has 0 radical (unpaired) electrons. The van der Waals surface area contributed by atoms with E-state index in [0.29, 0.717) is 34.3 Å². The zero-order valence-electron chi connectivity index (χ0n) is 19.8. The van der Waals surface area contributed by atoms with Crippen molar-refractivity contribution in [2.45, 2.75) is 39.9 Å². The van der Waals surface area contributed by atoms with E-state index in [-0.39, 0.29) is 11.5 Å². The number of carbonyl (C=O) groups is 1. The third kappa shape index (κ3) is 5.54. The number of hydrogen-bond donors (Lipinski definition) is 2. The lowest BCUT2D eigenvalue weighted by Crippen LogP contribution is -2.38. The maximum atomic E-state index is 12.7. The van der Waals surface area contributed by atoms with Crippen molar-refractivity contribution in [1.29, 1.82) is 0 Å². The summed E-state index contributed by atoms with van der Waals surface area (Å²) in [5.74, 6) is 1.30. The van der Waals surface area contributed by atoms with E-state index in [1.807, 2.05) is 0 Å². The van der Waals surface area contributed by atoms with Gasteiger partial charge in [-0.2, -0.15) is 0 Å². The molecule has 1 aromatic heterocycles. The highest BCUT2D eigenvalue weighted by molar-refractivity contribution is 7.71. The summed E-state index contributed by atoms with van der Waals surface area (Å²) in [6.07, 6.45) is 2.94. The number of aromatic nitrogens is 2. The minimum atomic E-state index is -0.197. The molecule has 7 heteroatoms. The van der Waals surface area contributed by atoms with E-state index < -0.39 is 0 Å². The van der Waals surface area contributed by atoms with Gasteiger partial charge in [0.25, 0.3) is 11.5 Å². The Morgan fingerprint density at radius 3 is 2.50 bits per heavy atom. The molecule has 0 bridgehead atoms. The number of rotatable bonds is 7. The molecule has 2 heterocycles. The van der Waals surface area contributed by atoms with Gasteiger partial charge in [-0.1, -0.05) is 44.2 Å². The molecule has 2 N–H and O–H groups in total. The Morgan fingerprint density at radius 2 is 1.82 bits per heavy atom. The van der Waals surface area contributed by atoms with Crippen LogP contribution in [0.3, 0.4) is 0 Å². The summed E-state index contributed by atoms with van der Waals surface area (Å²) in [6.45, 7) is 12.4. The summed E-state index contributed by atoms with van der Waals surface area (Å²) in [6, 6.07) is 13.4. The van der Waals surface area contributed by atoms with E-state index in [1.165, 1.54) is 16.6 Å². The first-order valence-electron chi connectivity index (χ1n) is 11.8. The Balaban J connectivity index is 1.39. The van der Waals surface area contributed by atoms with Crippen LogP contribution in [0.15, 0.2) is 59.9 Å². The van der Waals surface area contributed by atoms with Crippen LogP contribution in [-0.2, 0) is 19.6 Å². The van der Waals surface area contributed by atoms with Gasteiger partial charge in [0.15, 0.2) is 4.77 Å². The molecule has 2 aromatic carbocycles. The van der Waals surface area contributed by atoms with Crippen LogP contribution in [0.1, 0.15) is 41.8 Å². The normalized spacial score (nSPS) is 18.6. The summed E-state index contributed by atoms with van der Waals surface area (Å²) in [7, 11) is 0. The van der Waals surface area contributed by atoms with E-state index in [1.54, 1.807) is 24.3 Å². The Labute approximate surface area is 205 Å². The molecule has 34 heavy (non-hydrogen) atoms. The summed E-state index contributed by atoms with van der Waals surface area (Å²) >= 11 is 5.29. The molecule has 3 aromatic rings. The van der Waals surface area contributed by atoms with Crippen LogP contribution in [0, 0.1) is 16.6 Å². The molecule has 0 aliphatic carbocycles. The molecule has 1 amide bonds. The smallest absolute Gasteiger partial charge is 0.262 e. The lowest BCUT2D eigenvalue weighted by molar-refractivity contribution is 0.0951. The first-order valence-corrected chi connectivity index (χ1v) is 12.2. The average molecular weight is 477 g/mol. The quantitative estimate of drug-likeness (QED) is 0.385. The molecule has 0 spiro atoms. The van der Waals surface area contributed by atoms with Gasteiger partial charge in [-0.3, -0.25) is 19.1 Å². The Hall–Kier alpha value is -3.03. The lowest BCUT2D eigenvalue weighted by Gasteiger charge is -2.35. The van der Waals surface area contributed by atoms with Gasteiger partial charge >= 0.3 is 0 Å². The van der Waals surface area contributed by atoms with Crippen molar-refractivity contribution in [3.05, 3.63) is 86.9 Å². The minimum absolute atomic E-state index is 0.195. The zero-order chi connectivity index (χ0) is 24.2. The van der Waals surface area contributed by atoms with Crippen LogP contribution in [0.2, 0.25) is 0 Å². The fourth-order valence-electron chi connectivity index (χ4n) is 4.92. The van der Waals surface area contributed by atoms with Crippen molar-refractivity contribution in [1.82, 2.24) is 19.8 Å². The molecular weight excluding hydrogens is 444 g/mol. The monoisotopic (exact) mass is 476 g/mol. The van der Waals surface area contributed by atoms with E-state index in [2.05, 4.69) is 59.9 Å². The second-order valence-corrected chi connectivity index (χ2v) is 9.92. The van der Waals surface area contributed by atoms with Gasteiger partial charge in [-0.05, 0) is 59.8 Å². The molecule has 6 nitrogen and oxygen atoms in total. The third-order valence-corrected chi connectivity index (χ3v) is 6.70. The Kier molecular flexibility index (Phi) is 7.44. The molecule has 4 rings (SSSR count). The molecule has 178 valence electrons. The molecule has 1 fully saturated rings. The number of nitrogens with zero attached hydrogens (tertiary/aromatic N) is 2. The molecular formula is C27H32N4O2S. The van der Waals surface area contributed by atoms with E-state index in [0.717, 1.165) is 37.0 Å². The van der Waals surface area contributed by atoms with Gasteiger partial charge in [0.1, 0.15) is 0 Å². The van der Waals surface area contributed by atoms with Gasteiger partial charge in [0.05, 0.1) is 10.9 Å². The fraction of sp³-hybridized carbons (Fsp3) is 0.370. The van der Waals surface area contributed by atoms with Gasteiger partial charge < -0.3 is 10.3 Å². The second-order valence-electron chi connectivity index (χ2n) is 9.53. The predicted molar refractivity (Wildman–Crippen MR) is 139 cm³/mol. The van der Waals surface area contributed by atoms with E-state index in [4.69, 9.17) is 12.2 Å². The van der Waals surface area contributed by atoms with Crippen LogP contribution < -0.4 is 10.9 Å². The van der Waals surface area contributed by atoms with Crippen molar-refractivity contribution >= 4 is 29.0 Å². The molecule has 2 unspecified atom stereocenters. The topological polar surface area (TPSA) is 70.1 Å². The number of carbonyl (C=O) groups excluding carboxylic acids is 1. The van der Waals surface area contributed by atoms with Gasteiger partial charge in [-0.25, -0.2) is 0 Å². The lowest BCUT2D eigenvalue weighted by atomic mass is 9.91. The van der Waals surface area contributed by atoms with Crippen molar-refractivity contribution < 1.29 is 4.79 Å². The zero-order valence-corrected chi connectivity index (χ0v) is 20.7.